The van der Waals surface area contributed by atoms with Gasteiger partial charge < -0.3 is 15.5 Å². The lowest BCUT2D eigenvalue weighted by Gasteiger charge is -2.22. The van der Waals surface area contributed by atoms with Crippen molar-refractivity contribution in [2.75, 3.05) is 37.5 Å². The quantitative estimate of drug-likeness (QED) is 0.291. The van der Waals surface area contributed by atoms with Gasteiger partial charge in [-0.3, -0.25) is 9.93 Å². The minimum absolute atomic E-state index is 0.207. The van der Waals surface area contributed by atoms with Crippen LogP contribution in [-0.4, -0.2) is 48.6 Å². The van der Waals surface area contributed by atoms with Crippen molar-refractivity contribution in [3.63, 3.8) is 0 Å². The van der Waals surface area contributed by atoms with Crippen LogP contribution in [0.1, 0.15) is 66.8 Å². The zero-order chi connectivity index (χ0) is 25.3. The van der Waals surface area contributed by atoms with Crippen LogP contribution in [0.3, 0.4) is 0 Å². The highest BCUT2D eigenvalue weighted by Crippen LogP contribution is 2.33. The summed E-state index contributed by atoms with van der Waals surface area (Å²) < 4.78 is 29.2. The van der Waals surface area contributed by atoms with Gasteiger partial charge in [-0.25, -0.2) is 13.8 Å². The number of anilines is 2. The molecule has 0 spiro atoms. The third-order valence-electron chi connectivity index (χ3n) is 5.26. The fourth-order valence-electron chi connectivity index (χ4n) is 3.73. The first-order valence-corrected chi connectivity index (χ1v) is 13.5. The molecule has 190 valence electrons. The van der Waals surface area contributed by atoms with E-state index >= 15 is 0 Å². The van der Waals surface area contributed by atoms with Gasteiger partial charge in [-0.05, 0) is 50.6 Å². The van der Waals surface area contributed by atoms with Crippen molar-refractivity contribution >= 4 is 40.0 Å². The van der Waals surface area contributed by atoms with Crippen LogP contribution >= 0.6 is 23.3 Å². The zero-order valence-corrected chi connectivity index (χ0v) is 22.3. The summed E-state index contributed by atoms with van der Waals surface area (Å²) >= 11 is 2.55. The number of nitrogens with zero attached hydrogens (tertiary/aromatic N) is 2. The minimum Gasteiger partial charge on any atom is -0.372 e. The Morgan fingerprint density at radius 1 is 1.24 bits per heavy atom. The van der Waals surface area contributed by atoms with E-state index < -0.39 is 23.0 Å². The molecule has 1 fully saturated rings. The molecule has 0 radical (unpaired) electrons. The number of halogens is 2. The predicted molar refractivity (Wildman–Crippen MR) is 141 cm³/mol. The second kappa shape index (κ2) is 14.0. The van der Waals surface area contributed by atoms with E-state index in [2.05, 4.69) is 29.5 Å². The highest BCUT2D eigenvalue weighted by Gasteiger charge is 2.26. The Bertz CT molecular complexity index is 907. The number of hydrogen-bond donors (Lipinski definition) is 3. The number of nitrogens with two attached hydrogens (primary N) is 1. The molecular formula is C24H37F2N5OS2. The molecule has 6 nitrogen and oxygen atoms in total. The first kappa shape index (κ1) is 28.5. The first-order chi connectivity index (χ1) is 16.2. The standard InChI is InChI=1S/C20H26F2N4OS.C4H11NS/c1-23-19-18(28-20(25-19)24-13-7-5-4-6-8-13)17(27)16-14(21)9-12(10-15(16)22)11-26(2)3;1-4(2)3-6-5/h9-10,13,23H,4-8,11H2,1-3H3,(H,24,25);4H,3,5H2,1-2H3. The summed E-state index contributed by atoms with van der Waals surface area (Å²) in [5.41, 5.74) is -0.0544. The van der Waals surface area contributed by atoms with Gasteiger partial charge in [0.1, 0.15) is 16.5 Å². The van der Waals surface area contributed by atoms with Crippen LogP contribution in [0.25, 0.3) is 0 Å². The highest BCUT2D eigenvalue weighted by atomic mass is 32.2. The number of carbonyl (C=O) groups is 1. The molecule has 1 saturated carbocycles. The lowest BCUT2D eigenvalue weighted by atomic mass is 9.96. The summed E-state index contributed by atoms with van der Waals surface area (Å²) in [5.74, 6) is -0.243. The van der Waals surface area contributed by atoms with Crippen molar-refractivity contribution in [3.8, 4) is 0 Å². The van der Waals surface area contributed by atoms with Crippen molar-refractivity contribution in [1.29, 1.82) is 0 Å². The molecule has 1 aliphatic rings. The van der Waals surface area contributed by atoms with Gasteiger partial charge in [0.05, 0.1) is 5.56 Å². The average molecular weight is 514 g/mol. The topological polar surface area (TPSA) is 83.3 Å². The number of aromatic nitrogens is 1. The van der Waals surface area contributed by atoms with Crippen LogP contribution in [0.4, 0.5) is 19.7 Å². The summed E-state index contributed by atoms with van der Waals surface area (Å²) in [6.45, 7) is 4.69. The number of hydrogen-bond acceptors (Lipinski definition) is 8. The van der Waals surface area contributed by atoms with Crippen molar-refractivity contribution in [1.82, 2.24) is 9.88 Å². The molecule has 0 saturated heterocycles. The molecule has 34 heavy (non-hydrogen) atoms. The normalized spacial score (nSPS) is 14.2. The van der Waals surface area contributed by atoms with E-state index in [0.29, 0.717) is 29.1 Å². The van der Waals surface area contributed by atoms with E-state index in [-0.39, 0.29) is 4.88 Å². The Morgan fingerprint density at radius 2 is 1.85 bits per heavy atom. The van der Waals surface area contributed by atoms with E-state index in [1.54, 1.807) is 11.9 Å². The van der Waals surface area contributed by atoms with Crippen LogP contribution in [0.2, 0.25) is 0 Å². The molecule has 1 aromatic heterocycles. The van der Waals surface area contributed by atoms with E-state index in [1.165, 1.54) is 43.3 Å². The van der Waals surface area contributed by atoms with Gasteiger partial charge in [-0.15, -0.1) is 0 Å². The van der Waals surface area contributed by atoms with Crippen molar-refractivity contribution < 1.29 is 13.6 Å². The second-order valence-corrected chi connectivity index (χ2v) is 10.8. The Hall–Kier alpha value is -1.75. The number of carbonyl (C=O) groups excluding carboxylic acids is 1. The Kier molecular flexibility index (Phi) is 11.7. The molecule has 1 heterocycles. The van der Waals surface area contributed by atoms with E-state index in [1.807, 2.05) is 14.1 Å². The summed E-state index contributed by atoms with van der Waals surface area (Å²) in [6.07, 6.45) is 5.71. The van der Waals surface area contributed by atoms with E-state index in [9.17, 15) is 13.6 Å². The SMILES string of the molecule is CC(C)CSN.CNc1nc(NC2CCCCC2)sc1C(=O)c1c(F)cc(CN(C)C)cc1F. The van der Waals surface area contributed by atoms with Crippen LogP contribution in [-0.2, 0) is 6.54 Å². The van der Waals surface area contributed by atoms with E-state index in [4.69, 9.17) is 5.14 Å². The molecule has 2 aromatic rings. The maximum atomic E-state index is 14.6. The van der Waals surface area contributed by atoms with Gasteiger partial charge in [0.15, 0.2) is 10.9 Å². The lowest BCUT2D eigenvalue weighted by molar-refractivity contribution is 0.103. The van der Waals surface area contributed by atoms with Crippen molar-refractivity contribution in [2.24, 2.45) is 11.1 Å². The molecule has 0 amide bonds. The van der Waals surface area contributed by atoms with Crippen LogP contribution in [0, 0.1) is 17.6 Å². The van der Waals surface area contributed by atoms with Crippen molar-refractivity contribution in [2.45, 2.75) is 58.5 Å². The average Bonchev–Trinajstić information content (AvgIpc) is 3.16. The third kappa shape index (κ3) is 8.48. The Balaban J connectivity index is 0.000000604. The molecule has 0 bridgehead atoms. The molecular weight excluding hydrogens is 476 g/mol. The van der Waals surface area contributed by atoms with Gasteiger partial charge in [0, 0.05) is 25.4 Å². The number of rotatable bonds is 9. The lowest BCUT2D eigenvalue weighted by Crippen LogP contribution is -2.22. The van der Waals surface area contributed by atoms with Crippen LogP contribution in [0.15, 0.2) is 12.1 Å². The zero-order valence-electron chi connectivity index (χ0n) is 20.7. The van der Waals surface area contributed by atoms with Gasteiger partial charge in [0.25, 0.3) is 0 Å². The molecule has 1 aromatic carbocycles. The van der Waals surface area contributed by atoms with Gasteiger partial charge >= 0.3 is 0 Å². The third-order valence-corrected chi connectivity index (χ3v) is 7.10. The van der Waals surface area contributed by atoms with E-state index in [0.717, 1.165) is 35.8 Å². The first-order valence-electron chi connectivity index (χ1n) is 11.6. The summed E-state index contributed by atoms with van der Waals surface area (Å²) in [7, 11) is 5.27. The number of ketones is 1. The summed E-state index contributed by atoms with van der Waals surface area (Å²) in [4.78, 5) is 19.3. The molecule has 3 rings (SSSR count). The maximum Gasteiger partial charge on any atom is 0.212 e. The minimum atomic E-state index is -0.848. The predicted octanol–water partition coefficient (Wildman–Crippen LogP) is 5.75. The summed E-state index contributed by atoms with van der Waals surface area (Å²) in [5, 5.41) is 12.0. The van der Waals surface area contributed by atoms with Gasteiger partial charge in [0.2, 0.25) is 5.78 Å². The fraction of sp³-hybridized carbons (Fsp3) is 0.583. The molecule has 0 aliphatic heterocycles. The molecule has 0 unspecified atom stereocenters. The molecule has 4 N–H and O–H groups in total. The molecule has 1 aliphatic carbocycles. The van der Waals surface area contributed by atoms with Crippen molar-refractivity contribution in [3.05, 3.63) is 39.8 Å². The van der Waals surface area contributed by atoms with Gasteiger partial charge in [-0.2, -0.15) is 0 Å². The Labute approximate surface area is 210 Å². The highest BCUT2D eigenvalue weighted by molar-refractivity contribution is 7.97. The molecule has 10 heteroatoms. The maximum absolute atomic E-state index is 14.6. The molecule has 0 atom stereocenters. The second-order valence-electron chi connectivity index (χ2n) is 9.15. The Morgan fingerprint density at radius 3 is 2.32 bits per heavy atom. The largest absolute Gasteiger partial charge is 0.372 e. The number of nitrogens with one attached hydrogen (secondary N) is 2. The smallest absolute Gasteiger partial charge is 0.212 e. The van der Waals surface area contributed by atoms with Crippen LogP contribution in [0.5, 0.6) is 0 Å². The number of benzene rings is 1. The monoisotopic (exact) mass is 513 g/mol. The summed E-state index contributed by atoms with van der Waals surface area (Å²) in [6, 6.07) is 2.76. The fourth-order valence-corrected chi connectivity index (χ4v) is 5.11. The van der Waals surface area contributed by atoms with Crippen LogP contribution < -0.4 is 15.8 Å². The van der Waals surface area contributed by atoms with Gasteiger partial charge in [-0.1, -0.05) is 56.4 Å². The number of thiazole rings is 1.